The third-order valence-corrected chi connectivity index (χ3v) is 5.09. The molecule has 9 heteroatoms. The van der Waals surface area contributed by atoms with E-state index in [1.165, 1.54) is 6.21 Å². The highest BCUT2D eigenvalue weighted by atomic mass is 79.9. The maximum atomic E-state index is 12.2. The van der Waals surface area contributed by atoms with Gasteiger partial charge in [0.25, 0.3) is 5.91 Å². The number of H-pyrrole nitrogens is 1. The van der Waals surface area contributed by atoms with Gasteiger partial charge < -0.3 is 9.47 Å². The van der Waals surface area contributed by atoms with Crippen molar-refractivity contribution in [3.63, 3.8) is 0 Å². The van der Waals surface area contributed by atoms with Crippen LogP contribution in [0.3, 0.4) is 0 Å². The highest BCUT2D eigenvalue weighted by molar-refractivity contribution is 9.11. The van der Waals surface area contributed by atoms with E-state index >= 15 is 0 Å². The Morgan fingerprint density at radius 2 is 2.04 bits per heavy atom. The Bertz CT molecular complexity index is 951. The van der Waals surface area contributed by atoms with Crippen LogP contribution in [0.15, 0.2) is 45.3 Å². The van der Waals surface area contributed by atoms with Gasteiger partial charge in [-0.2, -0.15) is 10.2 Å². The number of benzene rings is 1. The van der Waals surface area contributed by atoms with Crippen LogP contribution in [0.4, 0.5) is 0 Å². The van der Waals surface area contributed by atoms with E-state index in [0.717, 1.165) is 19.9 Å². The molecule has 0 unspecified atom stereocenters. The number of methoxy groups -OCH3 is 2. The lowest BCUT2D eigenvalue weighted by molar-refractivity contribution is 0.0950. The maximum absolute atomic E-state index is 12.2. The van der Waals surface area contributed by atoms with Crippen LogP contribution in [0.1, 0.15) is 16.1 Å². The third kappa shape index (κ3) is 4.12. The molecule has 2 N–H and O–H groups in total. The average Bonchev–Trinajstić information content (AvgIpc) is 3.30. The first-order chi connectivity index (χ1) is 12.6. The SMILES string of the molecule is COc1ccc(/C=N\NC(=O)c2cc(-c3ccc(Br)s3)[nH]n2)cc1OC. The molecule has 26 heavy (non-hydrogen) atoms. The van der Waals surface area contributed by atoms with Gasteiger partial charge in [-0.3, -0.25) is 9.89 Å². The van der Waals surface area contributed by atoms with Gasteiger partial charge in [0, 0.05) is 0 Å². The number of carbonyl (C=O) groups excluding carboxylic acids is 1. The topological polar surface area (TPSA) is 88.6 Å². The number of carbonyl (C=O) groups is 1. The molecule has 0 bridgehead atoms. The summed E-state index contributed by atoms with van der Waals surface area (Å²) >= 11 is 4.96. The number of hydrogen-bond acceptors (Lipinski definition) is 6. The monoisotopic (exact) mass is 434 g/mol. The van der Waals surface area contributed by atoms with Crippen molar-refractivity contribution in [2.75, 3.05) is 14.2 Å². The largest absolute Gasteiger partial charge is 0.493 e. The lowest BCUT2D eigenvalue weighted by Gasteiger charge is -2.07. The van der Waals surface area contributed by atoms with E-state index in [-0.39, 0.29) is 5.69 Å². The Labute approximate surface area is 162 Å². The van der Waals surface area contributed by atoms with Crippen LogP contribution in [-0.4, -0.2) is 36.5 Å². The number of nitrogens with one attached hydrogen (secondary N) is 2. The van der Waals surface area contributed by atoms with Gasteiger partial charge >= 0.3 is 0 Å². The van der Waals surface area contributed by atoms with E-state index in [1.807, 2.05) is 12.1 Å². The summed E-state index contributed by atoms with van der Waals surface area (Å²) in [6.45, 7) is 0. The van der Waals surface area contributed by atoms with Crippen molar-refractivity contribution < 1.29 is 14.3 Å². The zero-order valence-electron chi connectivity index (χ0n) is 13.9. The molecule has 1 amide bonds. The maximum Gasteiger partial charge on any atom is 0.291 e. The number of aromatic amines is 1. The summed E-state index contributed by atoms with van der Waals surface area (Å²) in [4.78, 5) is 13.1. The summed E-state index contributed by atoms with van der Waals surface area (Å²) in [5.74, 6) is 0.805. The first-order valence-electron chi connectivity index (χ1n) is 7.47. The quantitative estimate of drug-likeness (QED) is 0.457. The fraction of sp³-hybridized carbons (Fsp3) is 0.118. The number of rotatable bonds is 6. The second kappa shape index (κ2) is 8.15. The zero-order valence-corrected chi connectivity index (χ0v) is 16.3. The lowest BCUT2D eigenvalue weighted by atomic mass is 10.2. The van der Waals surface area contributed by atoms with Crippen LogP contribution in [0.2, 0.25) is 0 Å². The van der Waals surface area contributed by atoms with E-state index < -0.39 is 5.91 Å². The van der Waals surface area contributed by atoms with Crippen molar-refractivity contribution in [2.24, 2.45) is 5.10 Å². The average molecular weight is 435 g/mol. The van der Waals surface area contributed by atoms with Crippen LogP contribution in [-0.2, 0) is 0 Å². The van der Waals surface area contributed by atoms with Crippen molar-refractivity contribution in [3.8, 4) is 22.1 Å². The molecule has 0 saturated heterocycles. The molecular weight excluding hydrogens is 420 g/mol. The molecule has 0 aliphatic rings. The first kappa shape index (κ1) is 18.2. The lowest BCUT2D eigenvalue weighted by Crippen LogP contribution is -2.18. The Balaban J connectivity index is 1.65. The number of amides is 1. The Morgan fingerprint density at radius 1 is 1.23 bits per heavy atom. The summed E-state index contributed by atoms with van der Waals surface area (Å²) in [5.41, 5.74) is 4.24. The molecule has 0 radical (unpaired) electrons. The van der Waals surface area contributed by atoms with E-state index in [4.69, 9.17) is 9.47 Å². The Kier molecular flexibility index (Phi) is 5.69. The molecule has 0 saturated carbocycles. The van der Waals surface area contributed by atoms with E-state index in [1.54, 1.807) is 49.8 Å². The molecule has 0 spiro atoms. The number of hydrogen-bond donors (Lipinski definition) is 2. The molecule has 2 aromatic heterocycles. The standard InChI is InChI=1S/C17H15BrN4O3S/c1-24-13-4-3-10(7-14(13)25-2)9-19-22-17(23)12-8-11(20-21-12)15-5-6-16(18)26-15/h3-9H,1-2H3,(H,20,21)(H,22,23)/b19-9-. The van der Waals surface area contributed by atoms with Crippen LogP contribution < -0.4 is 14.9 Å². The number of hydrazone groups is 1. The molecular formula is C17H15BrN4O3S. The first-order valence-corrected chi connectivity index (χ1v) is 9.08. The number of aromatic nitrogens is 2. The molecule has 2 heterocycles. The van der Waals surface area contributed by atoms with Crippen molar-refractivity contribution in [2.45, 2.75) is 0 Å². The highest BCUT2D eigenvalue weighted by Crippen LogP contribution is 2.30. The van der Waals surface area contributed by atoms with Gasteiger partial charge in [-0.25, -0.2) is 5.43 Å². The summed E-state index contributed by atoms with van der Waals surface area (Å²) in [7, 11) is 3.13. The minimum absolute atomic E-state index is 0.258. The summed E-state index contributed by atoms with van der Waals surface area (Å²) in [5, 5.41) is 10.8. The third-order valence-electron chi connectivity index (χ3n) is 3.44. The molecule has 3 aromatic rings. The van der Waals surface area contributed by atoms with Crippen LogP contribution >= 0.6 is 27.3 Å². The van der Waals surface area contributed by atoms with Gasteiger partial charge in [-0.05, 0) is 57.9 Å². The van der Waals surface area contributed by atoms with Crippen LogP contribution in [0, 0.1) is 0 Å². The second-order valence-corrected chi connectivity index (χ2v) is 7.55. The predicted molar refractivity (Wildman–Crippen MR) is 104 cm³/mol. The number of ether oxygens (including phenoxy) is 2. The van der Waals surface area contributed by atoms with E-state index in [9.17, 15) is 4.79 Å². The van der Waals surface area contributed by atoms with Crippen molar-refractivity contribution in [1.29, 1.82) is 0 Å². The molecule has 1 aromatic carbocycles. The van der Waals surface area contributed by atoms with Gasteiger partial charge in [0.05, 0.1) is 34.8 Å². The smallest absolute Gasteiger partial charge is 0.291 e. The van der Waals surface area contributed by atoms with Crippen molar-refractivity contribution in [1.82, 2.24) is 15.6 Å². The summed E-state index contributed by atoms with van der Waals surface area (Å²) < 4.78 is 11.4. The van der Waals surface area contributed by atoms with Crippen LogP contribution in [0.5, 0.6) is 11.5 Å². The molecule has 0 aliphatic heterocycles. The van der Waals surface area contributed by atoms with Gasteiger partial charge in [0.1, 0.15) is 0 Å². The molecule has 0 fully saturated rings. The number of nitrogens with zero attached hydrogens (tertiary/aromatic N) is 2. The molecule has 134 valence electrons. The minimum Gasteiger partial charge on any atom is -0.493 e. The molecule has 0 aliphatic carbocycles. The predicted octanol–water partition coefficient (Wildman–Crippen LogP) is 3.68. The molecule has 7 nitrogen and oxygen atoms in total. The fourth-order valence-corrected chi connectivity index (χ4v) is 3.53. The van der Waals surface area contributed by atoms with E-state index in [2.05, 4.69) is 36.7 Å². The minimum atomic E-state index is -0.403. The zero-order chi connectivity index (χ0) is 18.5. The van der Waals surface area contributed by atoms with E-state index in [0.29, 0.717) is 11.5 Å². The van der Waals surface area contributed by atoms with Crippen LogP contribution in [0.25, 0.3) is 10.6 Å². The highest BCUT2D eigenvalue weighted by Gasteiger charge is 2.12. The Morgan fingerprint density at radius 3 is 2.73 bits per heavy atom. The van der Waals surface area contributed by atoms with Crippen molar-refractivity contribution in [3.05, 3.63) is 51.4 Å². The number of thiophene rings is 1. The normalized spacial score (nSPS) is 10.9. The van der Waals surface area contributed by atoms with Gasteiger partial charge in [-0.15, -0.1) is 11.3 Å². The fourth-order valence-electron chi connectivity index (χ4n) is 2.18. The molecule has 3 rings (SSSR count). The second-order valence-electron chi connectivity index (χ2n) is 5.08. The summed E-state index contributed by atoms with van der Waals surface area (Å²) in [6, 6.07) is 10.9. The Hall–Kier alpha value is -2.65. The van der Waals surface area contributed by atoms with Gasteiger partial charge in [-0.1, -0.05) is 0 Å². The number of halogens is 1. The van der Waals surface area contributed by atoms with Gasteiger partial charge in [0.15, 0.2) is 17.2 Å². The summed E-state index contributed by atoms with van der Waals surface area (Å²) in [6.07, 6.45) is 1.52. The van der Waals surface area contributed by atoms with Gasteiger partial charge in [0.2, 0.25) is 0 Å². The molecule has 0 atom stereocenters. The van der Waals surface area contributed by atoms with Crippen molar-refractivity contribution >= 4 is 39.4 Å².